The molecule has 0 bridgehead atoms. The maximum Gasteiger partial charge on any atom is 0.225 e. The van der Waals surface area contributed by atoms with Crippen molar-refractivity contribution in [3.8, 4) is 0 Å². The Labute approximate surface area is 164 Å². The maximum absolute atomic E-state index is 12.7. The van der Waals surface area contributed by atoms with E-state index in [-0.39, 0.29) is 30.7 Å². The molecular formula is C19H31Cl2N3O. The van der Waals surface area contributed by atoms with E-state index in [1.807, 2.05) is 7.05 Å². The van der Waals surface area contributed by atoms with Crippen molar-refractivity contribution in [2.45, 2.75) is 38.3 Å². The SMILES string of the molecule is CN(C(=O)C1CCNCC1)C1CCN(Cc2ccccc2)CC1.Cl.Cl. The number of carbonyl (C=O) groups excluding carboxylic acids is 1. The molecule has 0 saturated carbocycles. The van der Waals surface area contributed by atoms with Gasteiger partial charge in [-0.25, -0.2) is 0 Å². The molecule has 25 heavy (non-hydrogen) atoms. The molecule has 0 unspecified atom stereocenters. The molecule has 0 aromatic heterocycles. The van der Waals surface area contributed by atoms with Gasteiger partial charge >= 0.3 is 0 Å². The first-order valence-corrected chi connectivity index (χ1v) is 8.97. The number of piperidine rings is 2. The van der Waals surface area contributed by atoms with Crippen LogP contribution in [0.5, 0.6) is 0 Å². The summed E-state index contributed by atoms with van der Waals surface area (Å²) < 4.78 is 0. The number of likely N-dealkylation sites (tertiary alicyclic amines) is 1. The van der Waals surface area contributed by atoms with E-state index < -0.39 is 0 Å². The summed E-state index contributed by atoms with van der Waals surface area (Å²) in [6.07, 6.45) is 4.19. The second-order valence-corrected chi connectivity index (χ2v) is 6.97. The summed E-state index contributed by atoms with van der Waals surface area (Å²) in [6, 6.07) is 11.1. The standard InChI is InChI=1S/C19H29N3O.2ClH/c1-21(19(23)17-7-11-20-12-8-17)18-9-13-22(14-10-18)15-16-5-3-2-4-6-16;;/h2-6,17-18,20H,7-15H2,1H3;2*1H. The number of hydrogen-bond acceptors (Lipinski definition) is 3. The summed E-state index contributed by atoms with van der Waals surface area (Å²) >= 11 is 0. The highest BCUT2D eigenvalue weighted by atomic mass is 35.5. The van der Waals surface area contributed by atoms with Crippen LogP contribution in [0.3, 0.4) is 0 Å². The molecule has 0 aliphatic carbocycles. The van der Waals surface area contributed by atoms with E-state index in [2.05, 4.69) is 45.4 Å². The number of halogens is 2. The van der Waals surface area contributed by atoms with Crippen molar-refractivity contribution < 1.29 is 4.79 Å². The average Bonchev–Trinajstić information content (AvgIpc) is 2.63. The van der Waals surface area contributed by atoms with Gasteiger partial charge in [0, 0.05) is 38.6 Å². The minimum Gasteiger partial charge on any atom is -0.342 e. The molecule has 2 fully saturated rings. The quantitative estimate of drug-likeness (QED) is 0.862. The highest BCUT2D eigenvalue weighted by Crippen LogP contribution is 2.21. The molecule has 3 rings (SSSR count). The summed E-state index contributed by atoms with van der Waals surface area (Å²) in [5, 5.41) is 3.34. The zero-order valence-corrected chi connectivity index (χ0v) is 16.7. The molecule has 2 aliphatic rings. The number of carbonyl (C=O) groups is 1. The van der Waals surface area contributed by atoms with Crippen LogP contribution in [-0.2, 0) is 11.3 Å². The Bertz CT molecular complexity index is 501. The molecule has 2 saturated heterocycles. The maximum atomic E-state index is 12.7. The number of nitrogens with one attached hydrogen (secondary N) is 1. The van der Waals surface area contributed by atoms with Crippen LogP contribution in [0.25, 0.3) is 0 Å². The van der Waals surface area contributed by atoms with E-state index >= 15 is 0 Å². The fourth-order valence-corrected chi connectivity index (χ4v) is 3.84. The van der Waals surface area contributed by atoms with Gasteiger partial charge in [-0.05, 0) is 44.3 Å². The number of hydrogen-bond donors (Lipinski definition) is 1. The van der Waals surface area contributed by atoms with Crippen LogP contribution in [0.15, 0.2) is 30.3 Å². The van der Waals surface area contributed by atoms with Crippen LogP contribution < -0.4 is 5.32 Å². The van der Waals surface area contributed by atoms with Crippen molar-refractivity contribution in [2.24, 2.45) is 5.92 Å². The number of nitrogens with zero attached hydrogens (tertiary/aromatic N) is 2. The highest BCUT2D eigenvalue weighted by Gasteiger charge is 2.30. The van der Waals surface area contributed by atoms with Gasteiger partial charge in [-0.15, -0.1) is 24.8 Å². The first kappa shape index (κ1) is 22.2. The van der Waals surface area contributed by atoms with Gasteiger partial charge in [0.25, 0.3) is 0 Å². The van der Waals surface area contributed by atoms with Crippen molar-refractivity contribution in [3.63, 3.8) is 0 Å². The van der Waals surface area contributed by atoms with E-state index in [4.69, 9.17) is 0 Å². The van der Waals surface area contributed by atoms with Gasteiger partial charge in [0.2, 0.25) is 5.91 Å². The van der Waals surface area contributed by atoms with Gasteiger partial charge in [0.15, 0.2) is 0 Å². The Balaban J connectivity index is 0.00000156. The lowest BCUT2D eigenvalue weighted by Gasteiger charge is -2.38. The molecule has 2 aliphatic heterocycles. The Morgan fingerprint density at radius 1 is 1.08 bits per heavy atom. The third kappa shape index (κ3) is 6.14. The Hall–Kier alpha value is -0.810. The second kappa shape index (κ2) is 11.0. The molecule has 1 N–H and O–H groups in total. The largest absolute Gasteiger partial charge is 0.342 e. The van der Waals surface area contributed by atoms with E-state index in [9.17, 15) is 4.79 Å². The van der Waals surface area contributed by atoms with Gasteiger partial charge in [0.1, 0.15) is 0 Å². The van der Waals surface area contributed by atoms with Gasteiger partial charge in [0.05, 0.1) is 0 Å². The fraction of sp³-hybridized carbons (Fsp3) is 0.632. The minimum absolute atomic E-state index is 0. The van der Waals surface area contributed by atoms with Crippen LogP contribution in [-0.4, -0.2) is 55.0 Å². The number of rotatable bonds is 4. The predicted octanol–water partition coefficient (Wildman–Crippen LogP) is 2.95. The van der Waals surface area contributed by atoms with Crippen LogP contribution >= 0.6 is 24.8 Å². The van der Waals surface area contributed by atoms with Crippen LogP contribution in [0.2, 0.25) is 0 Å². The summed E-state index contributed by atoms with van der Waals surface area (Å²) in [6.45, 7) is 5.17. The zero-order chi connectivity index (χ0) is 16.1. The van der Waals surface area contributed by atoms with Crippen LogP contribution in [0, 0.1) is 5.92 Å². The van der Waals surface area contributed by atoms with Crippen molar-refractivity contribution in [1.82, 2.24) is 15.1 Å². The Morgan fingerprint density at radius 3 is 2.28 bits per heavy atom. The minimum atomic E-state index is 0. The summed E-state index contributed by atoms with van der Waals surface area (Å²) in [5.74, 6) is 0.608. The number of benzene rings is 1. The van der Waals surface area contributed by atoms with Gasteiger partial charge in [-0.2, -0.15) is 0 Å². The third-order valence-electron chi connectivity index (χ3n) is 5.39. The van der Waals surface area contributed by atoms with Crippen molar-refractivity contribution in [2.75, 3.05) is 33.2 Å². The van der Waals surface area contributed by atoms with Gasteiger partial charge < -0.3 is 10.2 Å². The lowest BCUT2D eigenvalue weighted by atomic mass is 9.94. The summed E-state index contributed by atoms with van der Waals surface area (Å²) in [7, 11) is 2.02. The van der Waals surface area contributed by atoms with Gasteiger partial charge in [-0.3, -0.25) is 9.69 Å². The number of amides is 1. The molecule has 1 aromatic carbocycles. The second-order valence-electron chi connectivity index (χ2n) is 6.97. The predicted molar refractivity (Wildman–Crippen MR) is 108 cm³/mol. The molecular weight excluding hydrogens is 357 g/mol. The normalized spacial score (nSPS) is 19.6. The summed E-state index contributed by atoms with van der Waals surface area (Å²) in [4.78, 5) is 17.2. The first-order valence-electron chi connectivity index (χ1n) is 8.97. The fourth-order valence-electron chi connectivity index (χ4n) is 3.84. The molecule has 142 valence electrons. The van der Waals surface area contributed by atoms with Crippen LogP contribution in [0.1, 0.15) is 31.2 Å². The lowest BCUT2D eigenvalue weighted by Crippen LogP contribution is -2.48. The van der Waals surface area contributed by atoms with E-state index in [1.54, 1.807) is 0 Å². The molecule has 0 radical (unpaired) electrons. The monoisotopic (exact) mass is 387 g/mol. The van der Waals surface area contributed by atoms with Crippen molar-refractivity contribution in [1.29, 1.82) is 0 Å². The van der Waals surface area contributed by atoms with Crippen molar-refractivity contribution >= 4 is 30.7 Å². The van der Waals surface area contributed by atoms with Gasteiger partial charge in [-0.1, -0.05) is 30.3 Å². The molecule has 1 aromatic rings. The average molecular weight is 388 g/mol. The first-order chi connectivity index (χ1) is 11.2. The zero-order valence-electron chi connectivity index (χ0n) is 15.0. The molecule has 0 atom stereocenters. The molecule has 2 heterocycles. The topological polar surface area (TPSA) is 35.6 Å². The van der Waals surface area contributed by atoms with E-state index in [1.165, 1.54) is 5.56 Å². The molecule has 4 nitrogen and oxygen atoms in total. The van der Waals surface area contributed by atoms with E-state index in [0.29, 0.717) is 11.9 Å². The third-order valence-corrected chi connectivity index (χ3v) is 5.39. The molecule has 1 amide bonds. The Morgan fingerprint density at radius 2 is 1.68 bits per heavy atom. The van der Waals surface area contributed by atoms with E-state index in [0.717, 1.165) is 58.4 Å². The molecule has 6 heteroatoms. The summed E-state index contributed by atoms with van der Waals surface area (Å²) in [5.41, 5.74) is 1.38. The smallest absolute Gasteiger partial charge is 0.225 e. The molecule has 0 spiro atoms. The highest BCUT2D eigenvalue weighted by molar-refractivity contribution is 5.85. The van der Waals surface area contributed by atoms with Crippen LogP contribution in [0.4, 0.5) is 0 Å². The van der Waals surface area contributed by atoms with Crippen molar-refractivity contribution in [3.05, 3.63) is 35.9 Å². The Kier molecular flexibility index (Phi) is 9.80. The lowest BCUT2D eigenvalue weighted by molar-refractivity contribution is -0.138.